The summed E-state index contributed by atoms with van der Waals surface area (Å²) in [4.78, 5) is 14.1. The molecule has 0 radical (unpaired) electrons. The Morgan fingerprint density at radius 3 is 2.78 bits per heavy atom. The number of amides is 1. The predicted molar refractivity (Wildman–Crippen MR) is 73.6 cm³/mol. The zero-order chi connectivity index (χ0) is 13.3. The molecule has 0 N–H and O–H groups in total. The Morgan fingerprint density at radius 2 is 2.17 bits per heavy atom. The fraction of sp³-hybridized carbons (Fsp3) is 0.500. The van der Waals surface area contributed by atoms with E-state index in [0.717, 1.165) is 11.3 Å². The van der Waals surface area contributed by atoms with E-state index >= 15 is 0 Å². The maximum atomic E-state index is 13.8. The number of hydrogen-bond donors (Lipinski definition) is 0. The summed E-state index contributed by atoms with van der Waals surface area (Å²) in [7, 11) is 0. The number of aryl methyl sites for hydroxylation is 1. The van der Waals surface area contributed by atoms with Crippen molar-refractivity contribution in [2.45, 2.75) is 25.5 Å². The summed E-state index contributed by atoms with van der Waals surface area (Å²) in [5.74, 6) is 0.295. The van der Waals surface area contributed by atoms with Gasteiger partial charge in [0.25, 0.3) is 5.91 Å². The van der Waals surface area contributed by atoms with Gasteiger partial charge in [-0.3, -0.25) is 4.79 Å². The first-order valence-electron chi connectivity index (χ1n) is 6.08. The summed E-state index contributed by atoms with van der Waals surface area (Å²) in [6, 6.07) is 4.78. The van der Waals surface area contributed by atoms with Crippen molar-refractivity contribution in [2.24, 2.45) is 0 Å². The minimum atomic E-state index is -0.420. The molecule has 0 spiro atoms. The van der Waals surface area contributed by atoms with Gasteiger partial charge < -0.3 is 4.90 Å². The van der Waals surface area contributed by atoms with Crippen molar-refractivity contribution in [1.29, 1.82) is 0 Å². The number of carbonyl (C=O) groups excluding carboxylic acids is 1. The van der Waals surface area contributed by atoms with Crippen LogP contribution >= 0.6 is 11.8 Å². The average molecular weight is 267 g/mol. The average Bonchev–Trinajstić information content (AvgIpc) is 2.27. The molecule has 1 aliphatic heterocycles. The molecule has 0 atom stereocenters. The second-order valence-corrected chi connectivity index (χ2v) is 7.12. The fourth-order valence-electron chi connectivity index (χ4n) is 2.15. The molecule has 1 fully saturated rings. The molecule has 2 nitrogen and oxygen atoms in total. The summed E-state index contributed by atoms with van der Waals surface area (Å²) in [6.07, 6.45) is 0. The molecule has 2 rings (SSSR count). The van der Waals surface area contributed by atoms with E-state index in [2.05, 4.69) is 13.8 Å². The number of nitrogens with zero attached hydrogens (tertiary/aromatic N) is 1. The second kappa shape index (κ2) is 4.92. The molecule has 98 valence electrons. The molecule has 0 bridgehead atoms. The largest absolute Gasteiger partial charge is 0.336 e. The molecule has 4 heteroatoms. The van der Waals surface area contributed by atoms with Gasteiger partial charge in [-0.25, -0.2) is 4.39 Å². The summed E-state index contributed by atoms with van der Waals surface area (Å²) < 4.78 is 13.8. The molecular weight excluding hydrogens is 249 g/mol. The Kier molecular flexibility index (Phi) is 3.66. The molecule has 1 aromatic rings. The normalized spacial score (nSPS) is 18.8. The number of thioether (sulfide) groups is 1. The van der Waals surface area contributed by atoms with Crippen molar-refractivity contribution in [1.82, 2.24) is 4.90 Å². The van der Waals surface area contributed by atoms with E-state index in [1.54, 1.807) is 17.0 Å². The van der Waals surface area contributed by atoms with Gasteiger partial charge in [-0.15, -0.1) is 0 Å². The predicted octanol–water partition coefficient (Wildman–Crippen LogP) is 3.10. The van der Waals surface area contributed by atoms with Crippen molar-refractivity contribution >= 4 is 17.7 Å². The van der Waals surface area contributed by atoms with Crippen LogP contribution in [-0.4, -0.2) is 34.4 Å². The number of hydrogen-bond acceptors (Lipinski definition) is 2. The van der Waals surface area contributed by atoms with Gasteiger partial charge in [0.15, 0.2) is 0 Å². The van der Waals surface area contributed by atoms with Crippen LogP contribution in [0.2, 0.25) is 0 Å². The van der Waals surface area contributed by atoms with Crippen molar-refractivity contribution < 1.29 is 9.18 Å². The van der Waals surface area contributed by atoms with Gasteiger partial charge in [0.05, 0.1) is 5.56 Å². The van der Waals surface area contributed by atoms with Gasteiger partial charge in [-0.1, -0.05) is 6.07 Å². The van der Waals surface area contributed by atoms with Crippen LogP contribution in [0.15, 0.2) is 18.2 Å². The molecule has 0 aliphatic carbocycles. The van der Waals surface area contributed by atoms with Gasteiger partial charge in [0.2, 0.25) is 0 Å². The molecule has 1 heterocycles. The van der Waals surface area contributed by atoms with E-state index < -0.39 is 5.82 Å². The Labute approximate surface area is 112 Å². The zero-order valence-corrected chi connectivity index (χ0v) is 11.8. The quantitative estimate of drug-likeness (QED) is 0.779. The first-order valence-corrected chi connectivity index (χ1v) is 7.07. The Bertz CT molecular complexity index is 473. The van der Waals surface area contributed by atoms with Gasteiger partial charge in [-0.05, 0) is 38.5 Å². The molecule has 1 aromatic carbocycles. The first-order chi connectivity index (χ1) is 8.39. The second-order valence-electron chi connectivity index (χ2n) is 5.32. The third-order valence-corrected chi connectivity index (χ3v) is 4.37. The van der Waals surface area contributed by atoms with E-state index in [1.165, 1.54) is 6.07 Å². The monoisotopic (exact) mass is 267 g/mol. The minimum absolute atomic E-state index is 0.0507. The van der Waals surface area contributed by atoms with E-state index in [9.17, 15) is 9.18 Å². The van der Waals surface area contributed by atoms with Gasteiger partial charge in [0.1, 0.15) is 5.82 Å². The Morgan fingerprint density at radius 1 is 1.44 bits per heavy atom. The Hall–Kier alpha value is -1.03. The number of benzene rings is 1. The first kappa shape index (κ1) is 13.4. The third kappa shape index (κ3) is 2.86. The number of carbonyl (C=O) groups is 1. The molecule has 1 aliphatic rings. The summed E-state index contributed by atoms with van der Waals surface area (Å²) in [5.41, 5.74) is 1.02. The van der Waals surface area contributed by atoms with Crippen molar-refractivity contribution in [3.05, 3.63) is 35.1 Å². The van der Waals surface area contributed by atoms with E-state index in [1.807, 2.05) is 18.7 Å². The van der Waals surface area contributed by atoms with Crippen LogP contribution in [0.1, 0.15) is 29.8 Å². The lowest BCUT2D eigenvalue weighted by Gasteiger charge is -2.37. The van der Waals surface area contributed by atoms with E-state index in [4.69, 9.17) is 0 Å². The van der Waals surface area contributed by atoms with Crippen molar-refractivity contribution in [2.75, 3.05) is 18.8 Å². The zero-order valence-electron chi connectivity index (χ0n) is 11.0. The molecule has 18 heavy (non-hydrogen) atoms. The Balaban J connectivity index is 2.20. The standard InChI is InChI=1S/C14H18FNOS/c1-10-4-5-11(12(15)8-10)13(17)16-6-7-18-14(2,3)9-16/h4-5,8H,6-7,9H2,1-3H3. The van der Waals surface area contributed by atoms with Gasteiger partial charge in [-0.2, -0.15) is 11.8 Å². The van der Waals surface area contributed by atoms with Crippen LogP contribution in [0, 0.1) is 12.7 Å². The fourth-order valence-corrected chi connectivity index (χ4v) is 3.27. The van der Waals surface area contributed by atoms with E-state index in [0.29, 0.717) is 13.1 Å². The molecular formula is C14H18FNOS. The number of rotatable bonds is 1. The number of halogens is 1. The highest BCUT2D eigenvalue weighted by atomic mass is 32.2. The van der Waals surface area contributed by atoms with E-state index in [-0.39, 0.29) is 16.2 Å². The SMILES string of the molecule is Cc1ccc(C(=O)N2CCSC(C)(C)C2)c(F)c1. The topological polar surface area (TPSA) is 20.3 Å². The van der Waals surface area contributed by atoms with Crippen molar-refractivity contribution in [3.8, 4) is 0 Å². The molecule has 0 unspecified atom stereocenters. The highest BCUT2D eigenvalue weighted by molar-refractivity contribution is 8.00. The maximum Gasteiger partial charge on any atom is 0.256 e. The van der Waals surface area contributed by atoms with Gasteiger partial charge >= 0.3 is 0 Å². The molecule has 1 saturated heterocycles. The summed E-state index contributed by atoms with van der Waals surface area (Å²) in [5, 5.41) is 0. The lowest BCUT2D eigenvalue weighted by molar-refractivity contribution is 0.0743. The lowest BCUT2D eigenvalue weighted by Crippen LogP contribution is -2.46. The highest BCUT2D eigenvalue weighted by Crippen LogP contribution is 2.30. The van der Waals surface area contributed by atoms with Crippen LogP contribution in [0.4, 0.5) is 4.39 Å². The maximum absolute atomic E-state index is 13.8. The third-order valence-electron chi connectivity index (χ3n) is 3.07. The van der Waals surface area contributed by atoms with Crippen LogP contribution in [-0.2, 0) is 0 Å². The molecule has 0 aromatic heterocycles. The lowest BCUT2D eigenvalue weighted by atomic mass is 10.1. The van der Waals surface area contributed by atoms with Crippen LogP contribution in [0.5, 0.6) is 0 Å². The highest BCUT2D eigenvalue weighted by Gasteiger charge is 2.31. The summed E-state index contributed by atoms with van der Waals surface area (Å²) >= 11 is 1.86. The van der Waals surface area contributed by atoms with Crippen molar-refractivity contribution in [3.63, 3.8) is 0 Å². The summed E-state index contributed by atoms with van der Waals surface area (Å²) in [6.45, 7) is 7.41. The molecule has 1 amide bonds. The molecule has 0 saturated carbocycles. The van der Waals surface area contributed by atoms with Crippen LogP contribution < -0.4 is 0 Å². The van der Waals surface area contributed by atoms with Crippen LogP contribution in [0.25, 0.3) is 0 Å². The smallest absolute Gasteiger partial charge is 0.256 e. The van der Waals surface area contributed by atoms with Crippen LogP contribution in [0.3, 0.4) is 0 Å². The minimum Gasteiger partial charge on any atom is -0.336 e. The van der Waals surface area contributed by atoms with Gasteiger partial charge in [0, 0.05) is 23.6 Å².